The Morgan fingerprint density at radius 3 is 2.82 bits per heavy atom. The van der Waals surface area contributed by atoms with E-state index in [0.717, 1.165) is 25.9 Å². The molecule has 3 N–H and O–H groups in total. The lowest BCUT2D eigenvalue weighted by Crippen LogP contribution is -2.48. The lowest BCUT2D eigenvalue weighted by Gasteiger charge is -2.40. The van der Waals surface area contributed by atoms with E-state index in [-0.39, 0.29) is 10.3 Å². The Balaban J connectivity index is 2.10. The van der Waals surface area contributed by atoms with Gasteiger partial charge in [0.05, 0.1) is 0 Å². The van der Waals surface area contributed by atoms with Crippen LogP contribution in [0.2, 0.25) is 0 Å². The van der Waals surface area contributed by atoms with E-state index < -0.39 is 0 Å². The molecule has 0 unspecified atom stereocenters. The molecular formula is C11H18N4OS. The van der Waals surface area contributed by atoms with Gasteiger partial charge in [-0.3, -0.25) is 4.79 Å². The molecule has 1 fully saturated rings. The van der Waals surface area contributed by atoms with E-state index >= 15 is 0 Å². The molecule has 0 saturated carbocycles. The Morgan fingerprint density at radius 1 is 1.59 bits per heavy atom. The summed E-state index contributed by atoms with van der Waals surface area (Å²) in [6, 6.07) is 0. The van der Waals surface area contributed by atoms with Gasteiger partial charge in [0.2, 0.25) is 0 Å². The average molecular weight is 254 g/mol. The second-order valence-electron chi connectivity index (χ2n) is 4.32. The van der Waals surface area contributed by atoms with E-state index in [9.17, 15) is 4.79 Å². The lowest BCUT2D eigenvalue weighted by molar-refractivity contribution is 0.454. The van der Waals surface area contributed by atoms with E-state index in [4.69, 9.17) is 5.73 Å². The molecule has 5 nitrogen and oxygen atoms in total. The van der Waals surface area contributed by atoms with Crippen LogP contribution in [-0.4, -0.2) is 40.6 Å². The first kappa shape index (κ1) is 12.4. The molecule has 1 aromatic rings. The molecule has 1 aliphatic heterocycles. The van der Waals surface area contributed by atoms with Crippen LogP contribution in [0.15, 0.2) is 17.2 Å². The quantitative estimate of drug-likeness (QED) is 0.818. The van der Waals surface area contributed by atoms with Crippen LogP contribution >= 0.6 is 11.8 Å². The van der Waals surface area contributed by atoms with Gasteiger partial charge in [0.25, 0.3) is 5.56 Å². The predicted octanol–water partition coefficient (Wildman–Crippen LogP) is 0.431. The number of rotatable bonds is 3. The lowest BCUT2D eigenvalue weighted by atomic mass is 9.96. The monoisotopic (exact) mass is 254 g/mol. The maximum Gasteiger partial charge on any atom is 0.290 e. The highest BCUT2D eigenvalue weighted by Crippen LogP contribution is 2.33. The van der Waals surface area contributed by atoms with E-state index in [1.807, 2.05) is 16.7 Å². The van der Waals surface area contributed by atoms with Crippen molar-refractivity contribution in [1.82, 2.24) is 9.97 Å². The minimum Gasteiger partial charge on any atom is -0.352 e. The largest absolute Gasteiger partial charge is 0.352 e. The smallest absolute Gasteiger partial charge is 0.290 e. The van der Waals surface area contributed by atoms with Gasteiger partial charge >= 0.3 is 0 Å². The van der Waals surface area contributed by atoms with Gasteiger partial charge in [0, 0.05) is 36.8 Å². The summed E-state index contributed by atoms with van der Waals surface area (Å²) in [5.74, 6) is 0.527. The van der Waals surface area contributed by atoms with Crippen LogP contribution in [0.25, 0.3) is 0 Å². The number of anilines is 1. The molecule has 6 heteroatoms. The predicted molar refractivity (Wildman–Crippen MR) is 71.6 cm³/mol. The maximum absolute atomic E-state index is 11.6. The fraction of sp³-hybridized carbons (Fsp3) is 0.636. The first-order valence-electron chi connectivity index (χ1n) is 5.75. The maximum atomic E-state index is 11.6. The molecule has 0 aromatic carbocycles. The number of nitrogens with one attached hydrogen (secondary N) is 1. The van der Waals surface area contributed by atoms with E-state index in [2.05, 4.69) is 16.2 Å². The van der Waals surface area contributed by atoms with Crippen LogP contribution in [0.1, 0.15) is 12.8 Å². The molecule has 1 aliphatic rings. The van der Waals surface area contributed by atoms with Crippen molar-refractivity contribution in [2.75, 3.05) is 30.8 Å². The van der Waals surface area contributed by atoms with Crippen molar-refractivity contribution in [3.8, 4) is 0 Å². The van der Waals surface area contributed by atoms with Gasteiger partial charge < -0.3 is 15.6 Å². The van der Waals surface area contributed by atoms with Crippen molar-refractivity contribution in [3.63, 3.8) is 0 Å². The molecule has 17 heavy (non-hydrogen) atoms. The summed E-state index contributed by atoms with van der Waals surface area (Å²) in [7, 11) is 0. The van der Waals surface area contributed by atoms with Gasteiger partial charge in [0.15, 0.2) is 5.82 Å². The molecule has 0 bridgehead atoms. The summed E-state index contributed by atoms with van der Waals surface area (Å²) in [4.78, 5) is 20.5. The van der Waals surface area contributed by atoms with Crippen molar-refractivity contribution in [1.29, 1.82) is 0 Å². The number of H-pyrrole nitrogens is 1. The Bertz CT molecular complexity index is 419. The Kier molecular flexibility index (Phi) is 3.73. The summed E-state index contributed by atoms with van der Waals surface area (Å²) in [6.07, 6.45) is 7.29. The van der Waals surface area contributed by atoms with E-state index in [1.54, 1.807) is 12.4 Å². The summed E-state index contributed by atoms with van der Waals surface area (Å²) in [6.45, 7) is 2.39. The summed E-state index contributed by atoms with van der Waals surface area (Å²) < 4.78 is 0.179. The molecule has 0 atom stereocenters. The zero-order valence-corrected chi connectivity index (χ0v) is 10.8. The van der Waals surface area contributed by atoms with Crippen molar-refractivity contribution in [2.45, 2.75) is 17.6 Å². The number of nitrogens with zero attached hydrogens (tertiary/aromatic N) is 2. The number of aromatic amines is 1. The highest BCUT2D eigenvalue weighted by molar-refractivity contribution is 8.00. The molecule has 0 radical (unpaired) electrons. The van der Waals surface area contributed by atoms with Crippen LogP contribution in [0, 0.1) is 0 Å². The fourth-order valence-corrected chi connectivity index (χ4v) is 2.94. The third-order valence-electron chi connectivity index (χ3n) is 3.47. The second kappa shape index (κ2) is 5.10. The molecule has 2 rings (SSSR count). The number of thioether (sulfide) groups is 1. The normalized spacial score (nSPS) is 19.3. The van der Waals surface area contributed by atoms with Crippen molar-refractivity contribution >= 4 is 17.6 Å². The zero-order chi connectivity index (χ0) is 12.3. The van der Waals surface area contributed by atoms with Crippen LogP contribution in [0.4, 0.5) is 5.82 Å². The Morgan fingerprint density at radius 2 is 2.29 bits per heavy atom. The number of aromatic nitrogens is 2. The molecule has 0 amide bonds. The zero-order valence-electron chi connectivity index (χ0n) is 9.98. The van der Waals surface area contributed by atoms with Crippen LogP contribution in [0.3, 0.4) is 0 Å². The Hall–Kier alpha value is -1.01. The summed E-state index contributed by atoms with van der Waals surface area (Å²) in [5, 5.41) is 0. The van der Waals surface area contributed by atoms with Crippen LogP contribution in [0.5, 0.6) is 0 Å². The number of hydrogen-bond donors (Lipinski definition) is 2. The highest BCUT2D eigenvalue weighted by Gasteiger charge is 2.33. The van der Waals surface area contributed by atoms with Crippen molar-refractivity contribution in [2.24, 2.45) is 5.73 Å². The topological polar surface area (TPSA) is 75.0 Å². The third kappa shape index (κ3) is 2.47. The summed E-state index contributed by atoms with van der Waals surface area (Å²) >= 11 is 1.84. The standard InChI is InChI=1S/C11H18N4OS/c1-17-11(8-12)2-6-15(7-3-11)9-10(16)14-5-4-13-9/h4-5H,2-3,6-8,12H2,1H3,(H,14,16). The van der Waals surface area contributed by atoms with Gasteiger partial charge in [-0.15, -0.1) is 0 Å². The number of piperidine rings is 1. The number of hydrogen-bond acceptors (Lipinski definition) is 5. The van der Waals surface area contributed by atoms with Crippen LogP contribution < -0.4 is 16.2 Å². The molecule has 1 aromatic heterocycles. The number of nitrogens with two attached hydrogens (primary N) is 1. The first-order chi connectivity index (χ1) is 8.21. The average Bonchev–Trinajstić information content (AvgIpc) is 2.40. The summed E-state index contributed by atoms with van der Waals surface area (Å²) in [5.41, 5.74) is 5.73. The fourth-order valence-electron chi connectivity index (χ4n) is 2.19. The van der Waals surface area contributed by atoms with E-state index in [1.165, 1.54) is 0 Å². The van der Waals surface area contributed by atoms with Gasteiger partial charge in [-0.05, 0) is 19.1 Å². The minimum absolute atomic E-state index is 0.114. The molecule has 2 heterocycles. The SMILES string of the molecule is CSC1(CN)CCN(c2ncc[nH]c2=O)CC1. The van der Waals surface area contributed by atoms with Crippen molar-refractivity contribution in [3.05, 3.63) is 22.7 Å². The molecule has 1 saturated heterocycles. The molecule has 0 spiro atoms. The van der Waals surface area contributed by atoms with Crippen LogP contribution in [-0.2, 0) is 0 Å². The van der Waals surface area contributed by atoms with Gasteiger partial charge in [-0.25, -0.2) is 4.98 Å². The van der Waals surface area contributed by atoms with Gasteiger partial charge in [0.1, 0.15) is 0 Å². The highest BCUT2D eigenvalue weighted by atomic mass is 32.2. The molecule has 94 valence electrons. The molecule has 0 aliphatic carbocycles. The Labute approximate surface area is 105 Å². The van der Waals surface area contributed by atoms with Gasteiger partial charge in [-0.2, -0.15) is 11.8 Å². The van der Waals surface area contributed by atoms with Gasteiger partial charge in [-0.1, -0.05) is 0 Å². The first-order valence-corrected chi connectivity index (χ1v) is 6.97. The third-order valence-corrected chi connectivity index (χ3v) is 4.91. The minimum atomic E-state index is -0.114. The molecular weight excluding hydrogens is 236 g/mol. The second-order valence-corrected chi connectivity index (χ2v) is 5.59. The van der Waals surface area contributed by atoms with Crippen molar-refractivity contribution < 1.29 is 0 Å². The van der Waals surface area contributed by atoms with E-state index in [0.29, 0.717) is 12.4 Å².